The lowest BCUT2D eigenvalue weighted by atomic mass is 10.1. The molecule has 0 saturated carbocycles. The molecule has 0 atom stereocenters. The van der Waals surface area contributed by atoms with Crippen molar-refractivity contribution in [3.05, 3.63) is 99.4 Å². The molecule has 0 bridgehead atoms. The number of carbonyl (C=O) groups excluding carboxylic acids is 1. The van der Waals surface area contributed by atoms with Gasteiger partial charge in [0.05, 0.1) is 6.54 Å². The summed E-state index contributed by atoms with van der Waals surface area (Å²) in [7, 11) is 0. The van der Waals surface area contributed by atoms with Gasteiger partial charge in [0, 0.05) is 22.3 Å². The number of benzene rings is 2. The van der Waals surface area contributed by atoms with Gasteiger partial charge in [-0.05, 0) is 60.2 Å². The molecule has 1 amide bonds. The van der Waals surface area contributed by atoms with E-state index in [1.54, 1.807) is 42.6 Å². The molecule has 2 aromatic carbocycles. The van der Waals surface area contributed by atoms with E-state index in [0.717, 1.165) is 17.7 Å². The van der Waals surface area contributed by atoms with Crippen molar-refractivity contribution in [2.45, 2.75) is 12.9 Å². The van der Waals surface area contributed by atoms with Crippen LogP contribution in [0, 0.1) is 0 Å². The fraction of sp³-hybridized carbons (Fsp3) is 0.0870. The summed E-state index contributed by atoms with van der Waals surface area (Å²) in [5, 5.41) is 3.65. The number of hydrogen-bond acceptors (Lipinski definition) is 4. The summed E-state index contributed by atoms with van der Waals surface area (Å²) in [6.07, 6.45) is -3.27. The Balaban J connectivity index is 1.66. The standard InChI is InChI=1S/C23H15ClF3N3O3/c24-16-5-3-14(4-6-16)13-30-20-15(2-1-11-28-20)12-19(22(30)32)21(31)29-17-7-9-18(10-8-17)33-23(25,26)27/h1-12H,13H2,(H,29,31). The zero-order valence-electron chi connectivity index (χ0n) is 16.8. The maximum Gasteiger partial charge on any atom is 0.573 e. The van der Waals surface area contributed by atoms with Crippen molar-refractivity contribution in [1.82, 2.24) is 9.55 Å². The third-order valence-corrected chi connectivity index (χ3v) is 4.94. The lowest BCUT2D eigenvalue weighted by molar-refractivity contribution is -0.274. The molecule has 0 aliphatic rings. The molecule has 4 aromatic rings. The molecule has 6 nitrogen and oxygen atoms in total. The number of hydrogen-bond donors (Lipinski definition) is 1. The number of alkyl halides is 3. The number of halogens is 4. The van der Waals surface area contributed by atoms with E-state index in [9.17, 15) is 22.8 Å². The number of anilines is 1. The van der Waals surface area contributed by atoms with Gasteiger partial charge in [0.25, 0.3) is 11.5 Å². The van der Waals surface area contributed by atoms with E-state index in [1.807, 2.05) is 0 Å². The molecule has 4 rings (SSSR count). The molecule has 2 aromatic heterocycles. The summed E-state index contributed by atoms with van der Waals surface area (Å²) < 4.78 is 42.2. The second kappa shape index (κ2) is 8.95. The van der Waals surface area contributed by atoms with Crippen LogP contribution in [-0.2, 0) is 6.54 Å². The van der Waals surface area contributed by atoms with Crippen molar-refractivity contribution >= 4 is 34.2 Å². The van der Waals surface area contributed by atoms with Crippen molar-refractivity contribution < 1.29 is 22.7 Å². The molecule has 0 saturated heterocycles. The van der Waals surface area contributed by atoms with E-state index in [4.69, 9.17) is 11.6 Å². The Morgan fingerprint density at radius 3 is 2.42 bits per heavy atom. The highest BCUT2D eigenvalue weighted by Crippen LogP contribution is 2.24. The summed E-state index contributed by atoms with van der Waals surface area (Å²) in [6, 6.07) is 16.4. The monoisotopic (exact) mass is 473 g/mol. The molecule has 168 valence electrons. The van der Waals surface area contributed by atoms with Crippen LogP contribution in [0.5, 0.6) is 5.75 Å². The Hall–Kier alpha value is -3.85. The maximum absolute atomic E-state index is 13.2. The summed E-state index contributed by atoms with van der Waals surface area (Å²) in [4.78, 5) is 30.3. The largest absolute Gasteiger partial charge is 0.573 e. The van der Waals surface area contributed by atoms with Gasteiger partial charge in [-0.15, -0.1) is 13.2 Å². The van der Waals surface area contributed by atoms with Crippen LogP contribution in [0.25, 0.3) is 11.0 Å². The van der Waals surface area contributed by atoms with E-state index in [2.05, 4.69) is 15.0 Å². The maximum atomic E-state index is 13.2. The van der Waals surface area contributed by atoms with Crippen molar-refractivity contribution in [3.63, 3.8) is 0 Å². The van der Waals surface area contributed by atoms with Crippen LogP contribution in [0.4, 0.5) is 18.9 Å². The van der Waals surface area contributed by atoms with Crippen LogP contribution in [-0.4, -0.2) is 21.8 Å². The molecule has 33 heavy (non-hydrogen) atoms. The highest BCUT2D eigenvalue weighted by molar-refractivity contribution is 6.30. The molecule has 1 N–H and O–H groups in total. The van der Waals surface area contributed by atoms with Gasteiger partial charge in [-0.25, -0.2) is 4.98 Å². The van der Waals surface area contributed by atoms with Crippen molar-refractivity contribution in [3.8, 4) is 5.75 Å². The topological polar surface area (TPSA) is 73.2 Å². The minimum atomic E-state index is -4.82. The number of nitrogens with one attached hydrogen (secondary N) is 1. The highest BCUT2D eigenvalue weighted by Gasteiger charge is 2.31. The predicted octanol–water partition coefficient (Wildman–Crippen LogP) is 5.25. The van der Waals surface area contributed by atoms with E-state index in [1.165, 1.54) is 22.8 Å². The number of ether oxygens (including phenoxy) is 1. The molecule has 10 heteroatoms. The lowest BCUT2D eigenvalue weighted by Gasteiger charge is -2.13. The van der Waals surface area contributed by atoms with E-state index >= 15 is 0 Å². The number of carbonyl (C=O) groups is 1. The molecule has 0 spiro atoms. The zero-order valence-corrected chi connectivity index (χ0v) is 17.5. The number of rotatable bonds is 5. The Morgan fingerprint density at radius 2 is 1.76 bits per heavy atom. The van der Waals surface area contributed by atoms with E-state index in [-0.39, 0.29) is 17.8 Å². The molecule has 0 fully saturated rings. The first-order valence-electron chi connectivity index (χ1n) is 9.60. The second-order valence-corrected chi connectivity index (χ2v) is 7.45. The van der Waals surface area contributed by atoms with Crippen LogP contribution >= 0.6 is 11.6 Å². The van der Waals surface area contributed by atoms with E-state index < -0.39 is 23.6 Å². The fourth-order valence-electron chi connectivity index (χ4n) is 3.23. The SMILES string of the molecule is O=C(Nc1ccc(OC(F)(F)F)cc1)c1cc2cccnc2n(Cc2ccc(Cl)cc2)c1=O. The van der Waals surface area contributed by atoms with Gasteiger partial charge in [0.1, 0.15) is 17.0 Å². The van der Waals surface area contributed by atoms with Crippen LogP contribution in [0.2, 0.25) is 5.02 Å². The lowest BCUT2D eigenvalue weighted by Crippen LogP contribution is -2.30. The number of nitrogens with zero attached hydrogens (tertiary/aromatic N) is 2. The smallest absolute Gasteiger partial charge is 0.406 e. The summed E-state index contributed by atoms with van der Waals surface area (Å²) >= 11 is 5.93. The molecule has 0 radical (unpaired) electrons. The Bertz CT molecular complexity index is 1370. The Labute approximate surface area is 190 Å². The van der Waals surface area contributed by atoms with Gasteiger partial charge in [-0.2, -0.15) is 0 Å². The normalized spacial score (nSPS) is 11.4. The Morgan fingerprint density at radius 1 is 1.06 bits per heavy atom. The number of fused-ring (bicyclic) bond motifs is 1. The summed E-state index contributed by atoms with van der Waals surface area (Å²) in [5.41, 5.74) is 0.684. The minimum Gasteiger partial charge on any atom is -0.406 e. The number of aromatic nitrogens is 2. The molecule has 0 unspecified atom stereocenters. The van der Waals surface area contributed by atoms with Crippen molar-refractivity contribution in [2.75, 3.05) is 5.32 Å². The third-order valence-electron chi connectivity index (χ3n) is 4.69. The van der Waals surface area contributed by atoms with Crippen molar-refractivity contribution in [2.24, 2.45) is 0 Å². The summed E-state index contributed by atoms with van der Waals surface area (Å²) in [5.74, 6) is -1.14. The van der Waals surface area contributed by atoms with Gasteiger partial charge in [0.2, 0.25) is 0 Å². The van der Waals surface area contributed by atoms with Gasteiger partial charge in [-0.1, -0.05) is 23.7 Å². The van der Waals surface area contributed by atoms with Gasteiger partial charge < -0.3 is 10.1 Å². The molecule has 0 aliphatic heterocycles. The van der Waals surface area contributed by atoms with Crippen LogP contribution in [0.15, 0.2) is 77.7 Å². The van der Waals surface area contributed by atoms with Crippen LogP contribution < -0.4 is 15.6 Å². The minimum absolute atomic E-state index is 0.139. The van der Waals surface area contributed by atoms with Crippen molar-refractivity contribution in [1.29, 1.82) is 0 Å². The van der Waals surface area contributed by atoms with Gasteiger partial charge in [0.15, 0.2) is 0 Å². The number of amides is 1. The summed E-state index contributed by atoms with van der Waals surface area (Å²) in [6.45, 7) is 0.161. The van der Waals surface area contributed by atoms with Crippen LogP contribution in [0.1, 0.15) is 15.9 Å². The quantitative estimate of drug-likeness (QED) is 0.430. The predicted molar refractivity (Wildman–Crippen MR) is 118 cm³/mol. The first-order valence-corrected chi connectivity index (χ1v) is 9.97. The fourth-order valence-corrected chi connectivity index (χ4v) is 3.35. The highest BCUT2D eigenvalue weighted by atomic mass is 35.5. The molecule has 2 heterocycles. The molecular weight excluding hydrogens is 459 g/mol. The first-order chi connectivity index (χ1) is 15.7. The third kappa shape index (κ3) is 5.32. The second-order valence-electron chi connectivity index (χ2n) is 7.02. The zero-order chi connectivity index (χ0) is 23.6. The number of pyridine rings is 2. The Kier molecular flexibility index (Phi) is 6.06. The average molecular weight is 474 g/mol. The van der Waals surface area contributed by atoms with Gasteiger partial charge in [-0.3, -0.25) is 14.2 Å². The molecular formula is C23H15ClF3N3O3. The average Bonchev–Trinajstić information content (AvgIpc) is 2.77. The van der Waals surface area contributed by atoms with E-state index in [0.29, 0.717) is 16.1 Å². The first kappa shape index (κ1) is 22.3. The van der Waals surface area contributed by atoms with Gasteiger partial charge >= 0.3 is 6.36 Å². The molecule has 0 aliphatic carbocycles. The van der Waals surface area contributed by atoms with Crippen LogP contribution in [0.3, 0.4) is 0 Å².